The molecular weight excluding hydrogens is 600 g/mol. The maximum absolute atomic E-state index is 12.9. The second kappa shape index (κ2) is 25.7. The Labute approximate surface area is 286 Å². The van der Waals surface area contributed by atoms with Gasteiger partial charge in [0, 0.05) is 26.4 Å². The highest BCUT2D eigenvalue weighted by atomic mass is 16.7. The van der Waals surface area contributed by atoms with Crippen molar-refractivity contribution in [3.63, 3.8) is 0 Å². The summed E-state index contributed by atoms with van der Waals surface area (Å²) in [5.41, 5.74) is 0. The molecule has 0 aliphatic heterocycles. The first-order chi connectivity index (χ1) is 23.1. The van der Waals surface area contributed by atoms with Gasteiger partial charge in [0.25, 0.3) is 0 Å². The zero-order valence-electron chi connectivity index (χ0n) is 29.9. The van der Waals surface area contributed by atoms with Crippen LogP contribution < -0.4 is 0 Å². The van der Waals surface area contributed by atoms with Crippen molar-refractivity contribution in [3.8, 4) is 0 Å². The maximum atomic E-state index is 12.9. The molecule has 0 saturated heterocycles. The summed E-state index contributed by atoms with van der Waals surface area (Å²) in [6, 6.07) is 0. The van der Waals surface area contributed by atoms with Crippen molar-refractivity contribution in [1.29, 1.82) is 0 Å². The number of esters is 1. The molecule has 0 radical (unpaired) electrons. The second-order valence-corrected chi connectivity index (χ2v) is 13.8. The number of rotatable bonds is 26. The Hall–Kier alpha value is -1.23. The normalized spacial score (nSPS) is 28.2. The highest BCUT2D eigenvalue weighted by Crippen LogP contribution is 2.32. The van der Waals surface area contributed by atoms with Crippen LogP contribution in [0.3, 0.4) is 0 Å². The van der Waals surface area contributed by atoms with Gasteiger partial charge in [-0.2, -0.15) is 0 Å². The SMILES string of the molecule is C=COCOCCCCCCOC1CCC(OCOC2CCC(OC(=O)C3CCC(OCCCCCCOCC)CC3)CC2C)CC1. The summed E-state index contributed by atoms with van der Waals surface area (Å²) in [5, 5.41) is 0. The van der Waals surface area contributed by atoms with Gasteiger partial charge in [-0.1, -0.05) is 39.2 Å². The average Bonchev–Trinajstić information content (AvgIpc) is 3.08. The van der Waals surface area contributed by atoms with Gasteiger partial charge < -0.3 is 37.9 Å². The third kappa shape index (κ3) is 17.8. The summed E-state index contributed by atoms with van der Waals surface area (Å²) in [6.07, 6.45) is 22.0. The fourth-order valence-electron chi connectivity index (χ4n) is 7.11. The average molecular weight is 669 g/mol. The van der Waals surface area contributed by atoms with Crippen LogP contribution in [0.15, 0.2) is 12.8 Å². The van der Waals surface area contributed by atoms with E-state index in [9.17, 15) is 4.79 Å². The Morgan fingerprint density at radius 2 is 1.15 bits per heavy atom. The third-order valence-corrected chi connectivity index (χ3v) is 10.1. The summed E-state index contributed by atoms with van der Waals surface area (Å²) in [4.78, 5) is 12.9. The smallest absolute Gasteiger partial charge is 0.309 e. The lowest BCUT2D eigenvalue weighted by Gasteiger charge is -2.35. The van der Waals surface area contributed by atoms with Gasteiger partial charge in [-0.3, -0.25) is 4.79 Å². The molecule has 3 saturated carbocycles. The van der Waals surface area contributed by atoms with E-state index in [1.807, 2.05) is 6.92 Å². The number of carbonyl (C=O) groups is 1. The molecule has 0 aromatic heterocycles. The first-order valence-corrected chi connectivity index (χ1v) is 19.1. The lowest BCUT2D eigenvalue weighted by atomic mass is 9.85. The van der Waals surface area contributed by atoms with E-state index in [2.05, 4.69) is 13.5 Å². The molecular formula is C38H68O9. The highest BCUT2D eigenvalue weighted by molar-refractivity contribution is 5.72. The van der Waals surface area contributed by atoms with Gasteiger partial charge >= 0.3 is 5.97 Å². The molecule has 0 amide bonds. The van der Waals surface area contributed by atoms with Crippen LogP contribution in [-0.4, -0.2) is 83.1 Å². The van der Waals surface area contributed by atoms with Crippen LogP contribution in [0.1, 0.15) is 136 Å². The monoisotopic (exact) mass is 668 g/mol. The molecule has 274 valence electrons. The maximum Gasteiger partial charge on any atom is 0.309 e. The molecule has 9 heteroatoms. The third-order valence-electron chi connectivity index (χ3n) is 10.1. The minimum atomic E-state index is -0.00579. The topological polar surface area (TPSA) is 90.9 Å². The number of ether oxygens (including phenoxy) is 8. The van der Waals surface area contributed by atoms with E-state index in [0.29, 0.717) is 31.7 Å². The van der Waals surface area contributed by atoms with E-state index in [0.717, 1.165) is 142 Å². The molecule has 0 spiro atoms. The summed E-state index contributed by atoms with van der Waals surface area (Å²) in [5.74, 6) is 0.357. The van der Waals surface area contributed by atoms with E-state index < -0.39 is 0 Å². The summed E-state index contributed by atoms with van der Waals surface area (Å²) in [6.45, 7) is 12.4. The van der Waals surface area contributed by atoms with Crippen LogP contribution in [-0.2, 0) is 42.7 Å². The fourth-order valence-corrected chi connectivity index (χ4v) is 7.11. The van der Waals surface area contributed by atoms with Crippen LogP contribution >= 0.6 is 0 Å². The Morgan fingerprint density at radius 3 is 1.72 bits per heavy atom. The van der Waals surface area contributed by atoms with Crippen LogP contribution in [0.4, 0.5) is 0 Å². The first kappa shape index (κ1) is 40.2. The standard InChI is InChI=1S/C38H68O9/c1-4-40-24-10-6-8-12-26-43-33-16-14-32(15-17-33)38(39)47-36-22-23-37(31(3)28-36)46-30-45-35-20-18-34(19-21-35)44-27-13-9-7-11-25-42-29-41-5-2/h5,31-37H,2,4,6-30H2,1,3H3. The molecule has 3 aliphatic rings. The van der Waals surface area contributed by atoms with Crippen LogP contribution in [0, 0.1) is 11.8 Å². The molecule has 0 aromatic carbocycles. The van der Waals surface area contributed by atoms with Crippen molar-refractivity contribution in [2.24, 2.45) is 11.8 Å². The zero-order valence-corrected chi connectivity index (χ0v) is 29.9. The zero-order chi connectivity index (χ0) is 33.4. The van der Waals surface area contributed by atoms with E-state index in [-0.39, 0.29) is 30.2 Å². The van der Waals surface area contributed by atoms with Crippen molar-refractivity contribution >= 4 is 5.97 Å². The lowest BCUT2D eigenvalue weighted by Crippen LogP contribution is -2.37. The number of hydrogen-bond acceptors (Lipinski definition) is 9. The largest absolute Gasteiger partial charge is 0.476 e. The van der Waals surface area contributed by atoms with Crippen LogP contribution in [0.2, 0.25) is 0 Å². The molecule has 0 aromatic rings. The number of unbranched alkanes of at least 4 members (excludes halogenated alkanes) is 6. The minimum absolute atomic E-state index is 0.00163. The van der Waals surface area contributed by atoms with E-state index in [1.165, 1.54) is 19.1 Å². The minimum Gasteiger partial charge on any atom is -0.476 e. The molecule has 47 heavy (non-hydrogen) atoms. The van der Waals surface area contributed by atoms with Gasteiger partial charge in [0.05, 0.1) is 43.2 Å². The molecule has 3 fully saturated rings. The molecule has 3 rings (SSSR count). The molecule has 3 aliphatic carbocycles. The summed E-state index contributed by atoms with van der Waals surface area (Å²) >= 11 is 0. The summed E-state index contributed by atoms with van der Waals surface area (Å²) < 4.78 is 46.2. The lowest BCUT2D eigenvalue weighted by molar-refractivity contribution is -0.170. The first-order valence-electron chi connectivity index (χ1n) is 19.1. The molecule has 3 unspecified atom stereocenters. The second-order valence-electron chi connectivity index (χ2n) is 13.8. The van der Waals surface area contributed by atoms with Gasteiger partial charge in [0.15, 0.2) is 6.79 Å². The Bertz CT molecular complexity index is 779. The van der Waals surface area contributed by atoms with Gasteiger partial charge in [-0.05, 0) is 109 Å². The van der Waals surface area contributed by atoms with Crippen molar-refractivity contribution < 1.29 is 42.7 Å². The predicted molar refractivity (Wildman–Crippen MR) is 183 cm³/mol. The molecule has 0 bridgehead atoms. The number of carbonyl (C=O) groups excluding carboxylic acids is 1. The van der Waals surface area contributed by atoms with E-state index >= 15 is 0 Å². The number of hydrogen-bond donors (Lipinski definition) is 0. The molecule has 0 N–H and O–H groups in total. The Balaban J connectivity index is 1.14. The van der Waals surface area contributed by atoms with Gasteiger partial charge in [-0.25, -0.2) is 0 Å². The molecule has 3 atom stereocenters. The van der Waals surface area contributed by atoms with Crippen LogP contribution in [0.25, 0.3) is 0 Å². The van der Waals surface area contributed by atoms with Crippen molar-refractivity contribution in [2.45, 2.75) is 166 Å². The highest BCUT2D eigenvalue weighted by Gasteiger charge is 2.34. The van der Waals surface area contributed by atoms with Crippen molar-refractivity contribution in [1.82, 2.24) is 0 Å². The van der Waals surface area contributed by atoms with Gasteiger partial charge in [0.2, 0.25) is 0 Å². The van der Waals surface area contributed by atoms with E-state index in [1.54, 1.807) is 0 Å². The van der Waals surface area contributed by atoms with Crippen molar-refractivity contribution in [3.05, 3.63) is 12.8 Å². The predicted octanol–water partition coefficient (Wildman–Crippen LogP) is 8.27. The van der Waals surface area contributed by atoms with Gasteiger partial charge in [0.1, 0.15) is 12.9 Å². The van der Waals surface area contributed by atoms with Crippen molar-refractivity contribution in [2.75, 3.05) is 46.6 Å². The molecule has 9 nitrogen and oxygen atoms in total. The van der Waals surface area contributed by atoms with Gasteiger partial charge in [-0.15, -0.1) is 0 Å². The molecule has 0 heterocycles. The van der Waals surface area contributed by atoms with Crippen LogP contribution in [0.5, 0.6) is 0 Å². The quantitative estimate of drug-likeness (QED) is 0.0391. The Morgan fingerprint density at radius 1 is 0.617 bits per heavy atom. The summed E-state index contributed by atoms with van der Waals surface area (Å²) in [7, 11) is 0. The Kier molecular flexibility index (Phi) is 22.0. The fraction of sp³-hybridized carbons (Fsp3) is 0.921. The van der Waals surface area contributed by atoms with E-state index in [4.69, 9.17) is 37.9 Å².